The average Bonchev–Trinajstić information content (AvgIpc) is 2.94. The number of nitrogens with zero attached hydrogens (tertiary/aromatic N) is 3. The van der Waals surface area contributed by atoms with Crippen molar-refractivity contribution in [2.45, 2.75) is 38.5 Å². The molecule has 8 heteroatoms. The van der Waals surface area contributed by atoms with E-state index in [1.165, 1.54) is 0 Å². The second-order valence-electron chi connectivity index (χ2n) is 5.82. The molecular weight excluding hydrogens is 286 g/mol. The normalized spacial score (nSPS) is 27.5. The van der Waals surface area contributed by atoms with Crippen LogP contribution < -0.4 is 15.5 Å². The van der Waals surface area contributed by atoms with Crippen LogP contribution in [0.1, 0.15) is 19.0 Å². The molecule has 1 aromatic heterocycles. The van der Waals surface area contributed by atoms with Crippen LogP contribution in [-0.2, 0) is 9.53 Å². The number of rotatable bonds is 3. The van der Waals surface area contributed by atoms with E-state index in [1.807, 2.05) is 25.8 Å². The minimum absolute atomic E-state index is 0.0224. The highest BCUT2D eigenvalue weighted by Crippen LogP contribution is 2.32. The Morgan fingerprint density at radius 1 is 1.50 bits per heavy atom. The number of aromatic nitrogens is 2. The van der Waals surface area contributed by atoms with Crippen molar-refractivity contribution in [1.29, 1.82) is 0 Å². The first-order valence-electron chi connectivity index (χ1n) is 7.41. The van der Waals surface area contributed by atoms with Crippen LogP contribution in [0.4, 0.5) is 17.5 Å². The predicted octanol–water partition coefficient (Wildman–Crippen LogP) is 0.124. The highest BCUT2D eigenvalue weighted by molar-refractivity contribution is 6.03. The molecule has 120 valence electrons. The van der Waals surface area contributed by atoms with Gasteiger partial charge in [-0.2, -0.15) is 4.98 Å². The van der Waals surface area contributed by atoms with Crippen molar-refractivity contribution in [2.75, 3.05) is 35.8 Å². The van der Waals surface area contributed by atoms with Crippen LogP contribution in [0.2, 0.25) is 0 Å². The maximum Gasteiger partial charge on any atom is 0.246 e. The van der Waals surface area contributed by atoms with Crippen LogP contribution in [0.3, 0.4) is 0 Å². The van der Waals surface area contributed by atoms with Gasteiger partial charge in [-0.3, -0.25) is 4.79 Å². The zero-order valence-corrected chi connectivity index (χ0v) is 13.0. The van der Waals surface area contributed by atoms with Gasteiger partial charge >= 0.3 is 0 Å². The lowest BCUT2D eigenvalue weighted by molar-refractivity contribution is -0.117. The summed E-state index contributed by atoms with van der Waals surface area (Å²) in [6.45, 7) is 4.22. The van der Waals surface area contributed by atoms with Crippen molar-refractivity contribution in [2.24, 2.45) is 0 Å². The molecule has 3 rings (SSSR count). The number of carbonyl (C=O) groups excluding carboxylic acids is 1. The van der Waals surface area contributed by atoms with Crippen molar-refractivity contribution in [1.82, 2.24) is 9.97 Å². The molecule has 0 aromatic carbocycles. The first kappa shape index (κ1) is 15.0. The molecule has 1 amide bonds. The number of aliphatic hydroxyl groups is 1. The van der Waals surface area contributed by atoms with Crippen LogP contribution in [0.5, 0.6) is 0 Å². The Bertz CT molecular complexity index is 594. The van der Waals surface area contributed by atoms with Crippen molar-refractivity contribution >= 4 is 23.4 Å². The molecule has 2 aliphatic heterocycles. The third-order valence-electron chi connectivity index (χ3n) is 4.23. The van der Waals surface area contributed by atoms with Crippen LogP contribution in [0, 0.1) is 6.92 Å². The van der Waals surface area contributed by atoms with Gasteiger partial charge in [0, 0.05) is 7.05 Å². The molecule has 1 unspecified atom stereocenters. The summed E-state index contributed by atoms with van der Waals surface area (Å²) < 4.78 is 5.45. The molecule has 1 saturated heterocycles. The van der Waals surface area contributed by atoms with E-state index >= 15 is 0 Å². The molecule has 22 heavy (non-hydrogen) atoms. The van der Waals surface area contributed by atoms with Gasteiger partial charge in [-0.05, 0) is 20.3 Å². The van der Waals surface area contributed by atoms with Crippen LogP contribution in [0.15, 0.2) is 0 Å². The Kier molecular flexibility index (Phi) is 3.88. The van der Waals surface area contributed by atoms with Crippen LogP contribution in [-0.4, -0.2) is 59.4 Å². The van der Waals surface area contributed by atoms with E-state index in [4.69, 9.17) is 9.84 Å². The molecule has 0 radical (unpaired) electrons. The lowest BCUT2D eigenvalue weighted by Crippen LogP contribution is -2.45. The number of hydrogen-bond donors (Lipinski definition) is 3. The highest BCUT2D eigenvalue weighted by Gasteiger charge is 2.31. The number of likely N-dealkylation sites (N-methyl/N-ethyl adjacent to an activating group) is 1. The first-order chi connectivity index (χ1) is 10.5. The molecule has 8 nitrogen and oxygen atoms in total. The number of anilines is 3. The zero-order valence-electron chi connectivity index (χ0n) is 13.0. The van der Waals surface area contributed by atoms with Crippen molar-refractivity contribution < 1.29 is 14.6 Å². The van der Waals surface area contributed by atoms with Crippen molar-refractivity contribution in [3.63, 3.8) is 0 Å². The standard InChI is InChI=1S/C14H21N5O3/c1-7-11-12(19(3)8(2)13(21)17-11)18-14(15-7)16-9-4-10(5-20)22-6-9/h8-10,20H,4-6H2,1-3H3,(H,17,21)(H,15,16,18)/t8?,9-,10-/m0/s1. The SMILES string of the molecule is Cc1nc(N[C@@H]2CO[C@H](CO)C2)nc2c1NC(=O)C(C)N2C. The summed E-state index contributed by atoms with van der Waals surface area (Å²) >= 11 is 0. The minimum Gasteiger partial charge on any atom is -0.394 e. The Labute approximate surface area is 128 Å². The zero-order chi connectivity index (χ0) is 15.9. The number of ether oxygens (including phenoxy) is 1. The van der Waals surface area contributed by atoms with E-state index in [0.29, 0.717) is 24.1 Å². The number of nitrogens with one attached hydrogen (secondary N) is 2. The first-order valence-corrected chi connectivity index (χ1v) is 7.41. The van der Waals surface area contributed by atoms with Gasteiger partial charge in [0.05, 0.1) is 31.1 Å². The van der Waals surface area contributed by atoms with Gasteiger partial charge < -0.3 is 25.4 Å². The number of hydrogen-bond acceptors (Lipinski definition) is 7. The molecular formula is C14H21N5O3. The van der Waals surface area contributed by atoms with E-state index < -0.39 is 0 Å². The fraction of sp³-hybridized carbons (Fsp3) is 0.643. The number of fused-ring (bicyclic) bond motifs is 1. The summed E-state index contributed by atoms with van der Waals surface area (Å²) in [4.78, 5) is 22.7. The number of amides is 1. The van der Waals surface area contributed by atoms with Crippen LogP contribution in [0.25, 0.3) is 0 Å². The Balaban J connectivity index is 1.83. The van der Waals surface area contributed by atoms with E-state index in [-0.39, 0.29) is 30.7 Å². The van der Waals surface area contributed by atoms with E-state index in [0.717, 1.165) is 12.1 Å². The molecule has 0 spiro atoms. The van der Waals surface area contributed by atoms with Crippen molar-refractivity contribution in [3.05, 3.63) is 5.69 Å². The van der Waals surface area contributed by atoms with Gasteiger partial charge in [-0.1, -0.05) is 0 Å². The lowest BCUT2D eigenvalue weighted by Gasteiger charge is -2.32. The lowest BCUT2D eigenvalue weighted by atomic mass is 10.1. The quantitative estimate of drug-likeness (QED) is 0.729. The van der Waals surface area contributed by atoms with E-state index in [1.54, 1.807) is 0 Å². The molecule has 0 saturated carbocycles. The summed E-state index contributed by atoms with van der Waals surface area (Å²) in [7, 11) is 1.85. The number of aliphatic hydroxyl groups excluding tert-OH is 1. The Hall–Kier alpha value is -1.93. The molecule has 3 heterocycles. The van der Waals surface area contributed by atoms with Gasteiger partial charge in [0.2, 0.25) is 11.9 Å². The Morgan fingerprint density at radius 3 is 2.95 bits per heavy atom. The summed E-state index contributed by atoms with van der Waals surface area (Å²) in [5.74, 6) is 1.16. The molecule has 1 aromatic rings. The van der Waals surface area contributed by atoms with Gasteiger partial charge in [-0.15, -0.1) is 0 Å². The summed E-state index contributed by atoms with van der Waals surface area (Å²) in [5.41, 5.74) is 1.38. The summed E-state index contributed by atoms with van der Waals surface area (Å²) in [6, 6.07) is -0.196. The summed E-state index contributed by atoms with van der Waals surface area (Å²) in [5, 5.41) is 15.2. The maximum absolute atomic E-state index is 11.9. The van der Waals surface area contributed by atoms with Gasteiger partial charge in [-0.25, -0.2) is 4.98 Å². The maximum atomic E-state index is 11.9. The molecule has 3 atom stereocenters. The average molecular weight is 307 g/mol. The monoisotopic (exact) mass is 307 g/mol. The fourth-order valence-corrected chi connectivity index (χ4v) is 2.73. The largest absolute Gasteiger partial charge is 0.394 e. The number of carbonyl (C=O) groups is 1. The second kappa shape index (κ2) is 5.69. The topological polar surface area (TPSA) is 99.6 Å². The third kappa shape index (κ3) is 2.59. The minimum atomic E-state index is -0.275. The Morgan fingerprint density at radius 2 is 2.27 bits per heavy atom. The number of aryl methyl sites for hydroxylation is 1. The van der Waals surface area contributed by atoms with E-state index in [9.17, 15) is 4.79 Å². The predicted molar refractivity (Wildman–Crippen MR) is 82.1 cm³/mol. The van der Waals surface area contributed by atoms with Gasteiger partial charge in [0.25, 0.3) is 0 Å². The molecule has 0 bridgehead atoms. The second-order valence-corrected chi connectivity index (χ2v) is 5.82. The molecule has 1 fully saturated rings. The molecule has 0 aliphatic carbocycles. The smallest absolute Gasteiger partial charge is 0.246 e. The van der Waals surface area contributed by atoms with Gasteiger partial charge in [0.15, 0.2) is 5.82 Å². The molecule has 2 aliphatic rings. The fourth-order valence-electron chi connectivity index (χ4n) is 2.73. The van der Waals surface area contributed by atoms with E-state index in [2.05, 4.69) is 20.6 Å². The van der Waals surface area contributed by atoms with Crippen molar-refractivity contribution in [3.8, 4) is 0 Å². The summed E-state index contributed by atoms with van der Waals surface area (Å²) in [6.07, 6.45) is 0.595. The van der Waals surface area contributed by atoms with Crippen LogP contribution >= 0.6 is 0 Å². The van der Waals surface area contributed by atoms with Gasteiger partial charge in [0.1, 0.15) is 11.7 Å². The highest BCUT2D eigenvalue weighted by atomic mass is 16.5. The molecule has 3 N–H and O–H groups in total. The third-order valence-corrected chi connectivity index (χ3v) is 4.23.